The fourth-order valence-electron chi connectivity index (χ4n) is 2.63. The first-order valence-electron chi connectivity index (χ1n) is 9.08. The highest BCUT2D eigenvalue weighted by Gasteiger charge is 2.21. The predicted molar refractivity (Wildman–Crippen MR) is 117 cm³/mol. The molecular formula is C19H28IN5O3. The van der Waals surface area contributed by atoms with Gasteiger partial charge in [0.15, 0.2) is 23.3 Å². The summed E-state index contributed by atoms with van der Waals surface area (Å²) < 4.78 is 16.1. The molecule has 0 unspecified atom stereocenters. The van der Waals surface area contributed by atoms with Gasteiger partial charge in [-0.25, -0.2) is 4.99 Å². The van der Waals surface area contributed by atoms with Crippen LogP contribution in [0.1, 0.15) is 45.0 Å². The number of ether oxygens (including phenoxy) is 2. The molecule has 0 spiro atoms. The molecule has 28 heavy (non-hydrogen) atoms. The van der Waals surface area contributed by atoms with Gasteiger partial charge in [0.1, 0.15) is 6.54 Å². The molecule has 9 heteroatoms. The van der Waals surface area contributed by atoms with Crippen LogP contribution in [0.15, 0.2) is 27.7 Å². The van der Waals surface area contributed by atoms with Crippen LogP contribution in [0.25, 0.3) is 0 Å². The molecule has 3 rings (SSSR count). The van der Waals surface area contributed by atoms with Crippen molar-refractivity contribution in [2.24, 2.45) is 4.99 Å². The zero-order chi connectivity index (χ0) is 19.4. The van der Waals surface area contributed by atoms with Gasteiger partial charge in [-0.2, -0.15) is 4.98 Å². The Morgan fingerprint density at radius 3 is 2.68 bits per heavy atom. The van der Waals surface area contributed by atoms with Crippen LogP contribution in [0.2, 0.25) is 0 Å². The molecule has 0 fully saturated rings. The second-order valence-electron chi connectivity index (χ2n) is 7.48. The highest BCUT2D eigenvalue weighted by atomic mass is 127. The Morgan fingerprint density at radius 2 is 2.00 bits per heavy atom. The van der Waals surface area contributed by atoms with Gasteiger partial charge in [0, 0.05) is 25.6 Å². The van der Waals surface area contributed by atoms with Gasteiger partial charge in [-0.15, -0.1) is 24.0 Å². The molecule has 0 amide bonds. The molecule has 0 radical (unpaired) electrons. The predicted octanol–water partition coefficient (Wildman–Crippen LogP) is 3.31. The SMILES string of the molecule is CCNC(=NCc1noc(C(C)(C)C)n1)N(C)Cc1ccc2c(c1)OCO2.I. The Labute approximate surface area is 182 Å². The first-order chi connectivity index (χ1) is 12.9. The van der Waals surface area contributed by atoms with Crippen molar-refractivity contribution in [3.63, 3.8) is 0 Å². The van der Waals surface area contributed by atoms with Gasteiger partial charge in [0.25, 0.3) is 0 Å². The number of fused-ring (bicyclic) bond motifs is 1. The number of hydrogen-bond donors (Lipinski definition) is 1. The van der Waals surface area contributed by atoms with Crippen LogP contribution in [-0.2, 0) is 18.5 Å². The normalized spacial score (nSPS) is 13.2. The Bertz CT molecular complexity index is 816. The van der Waals surface area contributed by atoms with Gasteiger partial charge in [-0.05, 0) is 24.6 Å². The lowest BCUT2D eigenvalue weighted by Gasteiger charge is -2.22. The number of nitrogens with one attached hydrogen (secondary N) is 1. The van der Waals surface area contributed by atoms with Crippen molar-refractivity contribution in [3.05, 3.63) is 35.5 Å². The van der Waals surface area contributed by atoms with Crippen LogP contribution in [0.5, 0.6) is 11.5 Å². The minimum absolute atomic E-state index is 0. The molecule has 1 aliphatic heterocycles. The summed E-state index contributed by atoms with van der Waals surface area (Å²) >= 11 is 0. The van der Waals surface area contributed by atoms with E-state index in [1.54, 1.807) is 0 Å². The van der Waals surface area contributed by atoms with Crippen molar-refractivity contribution in [3.8, 4) is 11.5 Å². The first-order valence-corrected chi connectivity index (χ1v) is 9.08. The van der Waals surface area contributed by atoms with E-state index < -0.39 is 0 Å². The molecule has 0 saturated heterocycles. The lowest BCUT2D eigenvalue weighted by molar-refractivity contribution is 0.174. The zero-order valence-electron chi connectivity index (χ0n) is 17.0. The lowest BCUT2D eigenvalue weighted by atomic mass is 9.97. The topological polar surface area (TPSA) is 85.0 Å². The summed E-state index contributed by atoms with van der Waals surface area (Å²) in [6.07, 6.45) is 0. The molecule has 0 aliphatic carbocycles. The van der Waals surface area contributed by atoms with Gasteiger partial charge >= 0.3 is 0 Å². The summed E-state index contributed by atoms with van der Waals surface area (Å²) in [7, 11) is 1.99. The maximum Gasteiger partial charge on any atom is 0.232 e. The number of benzene rings is 1. The van der Waals surface area contributed by atoms with Gasteiger partial charge in [0.05, 0.1) is 0 Å². The Balaban J connectivity index is 0.00000280. The Morgan fingerprint density at radius 1 is 1.25 bits per heavy atom. The molecule has 8 nitrogen and oxygen atoms in total. The van der Waals surface area contributed by atoms with E-state index in [1.165, 1.54) is 0 Å². The highest BCUT2D eigenvalue weighted by molar-refractivity contribution is 14.0. The van der Waals surface area contributed by atoms with Crippen molar-refractivity contribution in [2.75, 3.05) is 20.4 Å². The van der Waals surface area contributed by atoms with E-state index in [1.807, 2.05) is 57.8 Å². The van der Waals surface area contributed by atoms with E-state index in [0.717, 1.165) is 29.6 Å². The van der Waals surface area contributed by atoms with Crippen LogP contribution in [0.4, 0.5) is 0 Å². The molecule has 1 aliphatic rings. The van der Waals surface area contributed by atoms with Gasteiger partial charge < -0.3 is 24.2 Å². The summed E-state index contributed by atoms with van der Waals surface area (Å²) in [4.78, 5) is 11.1. The van der Waals surface area contributed by atoms with Crippen molar-refractivity contribution in [1.29, 1.82) is 0 Å². The molecule has 0 bridgehead atoms. The number of aliphatic imine (C=N–C) groups is 1. The van der Waals surface area contributed by atoms with E-state index in [0.29, 0.717) is 24.8 Å². The van der Waals surface area contributed by atoms with E-state index in [9.17, 15) is 0 Å². The van der Waals surface area contributed by atoms with Crippen LogP contribution < -0.4 is 14.8 Å². The van der Waals surface area contributed by atoms with Gasteiger partial charge in [-0.3, -0.25) is 0 Å². The van der Waals surface area contributed by atoms with Crippen molar-refractivity contribution in [1.82, 2.24) is 20.4 Å². The second-order valence-corrected chi connectivity index (χ2v) is 7.48. The van der Waals surface area contributed by atoms with Crippen LogP contribution in [0, 0.1) is 0 Å². The number of guanidine groups is 1. The maximum absolute atomic E-state index is 5.45. The van der Waals surface area contributed by atoms with Crippen molar-refractivity contribution < 1.29 is 14.0 Å². The fraction of sp³-hybridized carbons (Fsp3) is 0.526. The van der Waals surface area contributed by atoms with Gasteiger partial charge in [0.2, 0.25) is 12.7 Å². The fourth-order valence-corrected chi connectivity index (χ4v) is 2.63. The molecule has 154 valence electrons. The van der Waals surface area contributed by atoms with E-state index in [-0.39, 0.29) is 36.2 Å². The van der Waals surface area contributed by atoms with Crippen molar-refractivity contribution in [2.45, 2.75) is 46.2 Å². The smallest absolute Gasteiger partial charge is 0.232 e. The molecule has 1 N–H and O–H groups in total. The van der Waals surface area contributed by atoms with E-state index >= 15 is 0 Å². The summed E-state index contributed by atoms with van der Waals surface area (Å²) in [5.74, 6) is 3.54. The Kier molecular flexibility index (Phi) is 7.50. The molecule has 1 aromatic carbocycles. The second kappa shape index (κ2) is 9.44. The minimum atomic E-state index is -0.171. The quantitative estimate of drug-likeness (QED) is 0.382. The monoisotopic (exact) mass is 501 g/mol. The van der Waals surface area contributed by atoms with E-state index in [4.69, 9.17) is 14.0 Å². The maximum atomic E-state index is 5.45. The average molecular weight is 501 g/mol. The highest BCUT2D eigenvalue weighted by Crippen LogP contribution is 2.32. The van der Waals surface area contributed by atoms with Crippen LogP contribution >= 0.6 is 24.0 Å². The minimum Gasteiger partial charge on any atom is -0.454 e. The molecule has 1 aromatic heterocycles. The molecule has 2 aromatic rings. The third kappa shape index (κ3) is 5.49. The molecule has 0 saturated carbocycles. The first kappa shape index (κ1) is 22.3. The molecule has 2 heterocycles. The number of nitrogens with zero attached hydrogens (tertiary/aromatic N) is 4. The summed E-state index contributed by atoms with van der Waals surface area (Å²) in [5.41, 5.74) is 0.942. The molecule has 0 atom stereocenters. The van der Waals surface area contributed by atoms with Crippen molar-refractivity contribution >= 4 is 29.9 Å². The number of hydrogen-bond acceptors (Lipinski definition) is 6. The van der Waals surface area contributed by atoms with Gasteiger partial charge in [-0.1, -0.05) is 32.0 Å². The van der Waals surface area contributed by atoms with Crippen LogP contribution in [0.3, 0.4) is 0 Å². The zero-order valence-corrected chi connectivity index (χ0v) is 19.3. The third-order valence-electron chi connectivity index (χ3n) is 4.03. The standard InChI is InChI=1S/C19H27N5O3.HI/c1-6-20-18(21-10-16-22-17(27-23-16)19(2,3)4)24(5)11-13-7-8-14-15(9-13)26-12-25-14;/h7-9H,6,10-12H2,1-5H3,(H,20,21);1H. The summed E-state index contributed by atoms with van der Waals surface area (Å²) in [6, 6.07) is 5.96. The number of rotatable bonds is 5. The number of aromatic nitrogens is 2. The van der Waals surface area contributed by atoms with E-state index in [2.05, 4.69) is 20.4 Å². The molecular weight excluding hydrogens is 473 g/mol. The summed E-state index contributed by atoms with van der Waals surface area (Å²) in [5, 5.41) is 7.32. The third-order valence-corrected chi connectivity index (χ3v) is 4.03. The summed E-state index contributed by atoms with van der Waals surface area (Å²) in [6.45, 7) is 10.2. The van der Waals surface area contributed by atoms with Crippen LogP contribution in [-0.4, -0.2) is 41.4 Å². The lowest BCUT2D eigenvalue weighted by Crippen LogP contribution is -2.38. The average Bonchev–Trinajstić information content (AvgIpc) is 3.26. The number of halogens is 1. The Hall–Kier alpha value is -2.04. The largest absolute Gasteiger partial charge is 0.454 e.